The van der Waals surface area contributed by atoms with Crippen LogP contribution in [0.5, 0.6) is 0 Å². The van der Waals surface area contributed by atoms with Crippen LogP contribution in [0.15, 0.2) is 54.6 Å². The lowest BCUT2D eigenvalue weighted by Gasteiger charge is -2.06. The zero-order chi connectivity index (χ0) is 17.4. The molecule has 0 heterocycles. The maximum absolute atomic E-state index is 10.3. The van der Waals surface area contributed by atoms with Crippen molar-refractivity contribution in [3.05, 3.63) is 71.3 Å². The van der Waals surface area contributed by atoms with Crippen molar-refractivity contribution in [2.75, 3.05) is 0 Å². The molecule has 0 radical (unpaired) electrons. The van der Waals surface area contributed by atoms with Crippen LogP contribution in [0.1, 0.15) is 22.8 Å². The Morgan fingerprint density at radius 3 is 2.21 bits per heavy atom. The molecule has 0 aromatic heterocycles. The number of aliphatic hydroxyl groups is 1. The van der Waals surface area contributed by atoms with Gasteiger partial charge in [-0.05, 0) is 30.0 Å². The summed E-state index contributed by atoms with van der Waals surface area (Å²) in [4.78, 5) is 0. The molecule has 118 valence electrons. The summed E-state index contributed by atoms with van der Waals surface area (Å²) in [6.07, 6.45) is -0.887. The van der Waals surface area contributed by atoms with Crippen molar-refractivity contribution in [1.29, 1.82) is 0 Å². The van der Waals surface area contributed by atoms with Crippen LogP contribution in [0.2, 0.25) is 19.6 Å². The Bertz CT molecular complexity index is 872. The largest absolute Gasteiger partial charge is 0.376 e. The standard InChI is InChI=1S/C22H20OSi/c1-24(2,3)18-10-9-15-22(23)21-14-8-7-13-20(21)17-16-19-11-5-4-6-12-19/h4-8,11-14,22-23H,1-3H3. The Balaban J connectivity index is 2.24. The minimum atomic E-state index is -1.44. The Morgan fingerprint density at radius 1 is 0.833 bits per heavy atom. The second-order valence-electron chi connectivity index (χ2n) is 6.38. The number of hydrogen-bond acceptors (Lipinski definition) is 1. The van der Waals surface area contributed by atoms with E-state index in [1.165, 1.54) is 0 Å². The molecule has 2 aromatic rings. The van der Waals surface area contributed by atoms with Crippen LogP contribution in [0, 0.1) is 35.1 Å². The Labute approximate surface area is 145 Å². The zero-order valence-electron chi connectivity index (χ0n) is 14.2. The number of aliphatic hydroxyl groups excluding tert-OH is 1. The fourth-order valence-electron chi connectivity index (χ4n) is 1.91. The Morgan fingerprint density at radius 2 is 1.50 bits per heavy atom. The second-order valence-corrected chi connectivity index (χ2v) is 11.1. The molecule has 24 heavy (non-hydrogen) atoms. The molecule has 0 spiro atoms. The van der Waals surface area contributed by atoms with Gasteiger partial charge >= 0.3 is 0 Å². The maximum atomic E-state index is 10.3. The minimum absolute atomic E-state index is 0.711. The first kappa shape index (κ1) is 17.6. The summed E-state index contributed by atoms with van der Waals surface area (Å²) in [6, 6.07) is 17.3. The van der Waals surface area contributed by atoms with Crippen LogP contribution < -0.4 is 0 Å². The molecular formula is C22H20OSi. The molecule has 0 saturated carbocycles. The fourth-order valence-corrected chi connectivity index (χ4v) is 2.35. The average molecular weight is 328 g/mol. The van der Waals surface area contributed by atoms with Crippen molar-refractivity contribution < 1.29 is 5.11 Å². The van der Waals surface area contributed by atoms with E-state index in [1.807, 2.05) is 54.6 Å². The zero-order valence-corrected chi connectivity index (χ0v) is 15.2. The summed E-state index contributed by atoms with van der Waals surface area (Å²) in [7, 11) is -1.44. The lowest BCUT2D eigenvalue weighted by molar-refractivity contribution is 0.238. The van der Waals surface area contributed by atoms with Crippen LogP contribution in [-0.4, -0.2) is 13.2 Å². The van der Waals surface area contributed by atoms with E-state index in [4.69, 9.17) is 0 Å². The van der Waals surface area contributed by atoms with Crippen molar-refractivity contribution >= 4 is 8.07 Å². The Hall–Kier alpha value is -2.70. The third-order valence-corrected chi connectivity index (χ3v) is 3.95. The molecule has 0 amide bonds. The fraction of sp³-hybridized carbons (Fsp3) is 0.182. The highest BCUT2D eigenvalue weighted by Crippen LogP contribution is 2.16. The number of benzene rings is 2. The summed E-state index contributed by atoms with van der Waals surface area (Å²) in [5.74, 6) is 14.7. The van der Waals surface area contributed by atoms with Crippen LogP contribution in [0.4, 0.5) is 0 Å². The smallest absolute Gasteiger partial charge is 0.142 e. The molecule has 2 aromatic carbocycles. The third-order valence-electron chi connectivity index (χ3n) is 3.08. The van der Waals surface area contributed by atoms with Gasteiger partial charge in [0.15, 0.2) is 0 Å². The van der Waals surface area contributed by atoms with Gasteiger partial charge in [-0.2, -0.15) is 0 Å². The summed E-state index contributed by atoms with van der Waals surface area (Å²) in [5.41, 5.74) is 5.60. The first-order valence-corrected chi connectivity index (χ1v) is 11.3. The first-order chi connectivity index (χ1) is 11.5. The predicted octanol–water partition coefficient (Wildman–Crippen LogP) is 4.00. The van der Waals surface area contributed by atoms with Crippen LogP contribution >= 0.6 is 0 Å². The summed E-state index contributed by atoms with van der Waals surface area (Å²) < 4.78 is 0. The Kier molecular flexibility index (Phi) is 6.05. The molecular weight excluding hydrogens is 308 g/mol. The van der Waals surface area contributed by atoms with E-state index >= 15 is 0 Å². The van der Waals surface area contributed by atoms with E-state index in [0.717, 1.165) is 11.1 Å². The summed E-state index contributed by atoms with van der Waals surface area (Å²) in [6.45, 7) is 6.48. The highest BCUT2D eigenvalue weighted by molar-refractivity contribution is 6.83. The molecule has 1 N–H and O–H groups in total. The van der Waals surface area contributed by atoms with Crippen molar-refractivity contribution in [2.24, 2.45) is 0 Å². The highest BCUT2D eigenvalue weighted by atomic mass is 28.3. The molecule has 0 bridgehead atoms. The van der Waals surface area contributed by atoms with E-state index in [2.05, 4.69) is 54.8 Å². The molecule has 0 fully saturated rings. The normalized spacial score (nSPS) is 11.0. The van der Waals surface area contributed by atoms with Gasteiger partial charge in [-0.15, -0.1) is 5.54 Å². The summed E-state index contributed by atoms with van der Waals surface area (Å²) in [5, 5.41) is 10.3. The summed E-state index contributed by atoms with van der Waals surface area (Å²) >= 11 is 0. The molecule has 0 aliphatic carbocycles. The molecule has 2 rings (SSSR count). The van der Waals surface area contributed by atoms with E-state index in [0.29, 0.717) is 5.56 Å². The number of hydrogen-bond donors (Lipinski definition) is 1. The minimum Gasteiger partial charge on any atom is -0.376 e. The van der Waals surface area contributed by atoms with Crippen LogP contribution in [-0.2, 0) is 0 Å². The van der Waals surface area contributed by atoms with Crippen LogP contribution in [0.25, 0.3) is 0 Å². The van der Waals surface area contributed by atoms with E-state index in [-0.39, 0.29) is 0 Å². The molecule has 2 heteroatoms. The van der Waals surface area contributed by atoms with Crippen molar-refractivity contribution in [3.63, 3.8) is 0 Å². The van der Waals surface area contributed by atoms with E-state index < -0.39 is 14.2 Å². The SMILES string of the molecule is C[Si](C)(C)C#CC#CC(O)c1ccccc1C#Cc1ccccc1. The molecule has 1 unspecified atom stereocenters. The second kappa shape index (κ2) is 8.23. The predicted molar refractivity (Wildman–Crippen MR) is 103 cm³/mol. The van der Waals surface area contributed by atoms with Gasteiger partial charge in [-0.1, -0.05) is 73.8 Å². The number of rotatable bonds is 1. The van der Waals surface area contributed by atoms with Crippen molar-refractivity contribution in [1.82, 2.24) is 0 Å². The van der Waals surface area contributed by atoms with Gasteiger partial charge in [0, 0.05) is 16.7 Å². The van der Waals surface area contributed by atoms with Gasteiger partial charge in [-0.25, -0.2) is 0 Å². The monoisotopic (exact) mass is 328 g/mol. The van der Waals surface area contributed by atoms with E-state index in [1.54, 1.807) is 0 Å². The van der Waals surface area contributed by atoms with Gasteiger partial charge in [0.2, 0.25) is 0 Å². The van der Waals surface area contributed by atoms with Gasteiger partial charge in [0.1, 0.15) is 14.2 Å². The van der Waals surface area contributed by atoms with Crippen LogP contribution in [0.3, 0.4) is 0 Å². The van der Waals surface area contributed by atoms with Crippen molar-refractivity contribution in [2.45, 2.75) is 25.7 Å². The van der Waals surface area contributed by atoms with Crippen molar-refractivity contribution in [3.8, 4) is 35.1 Å². The van der Waals surface area contributed by atoms with Gasteiger partial charge < -0.3 is 5.11 Å². The molecule has 0 aliphatic heterocycles. The average Bonchev–Trinajstić information content (AvgIpc) is 2.57. The first-order valence-electron chi connectivity index (χ1n) is 7.82. The molecule has 1 nitrogen and oxygen atoms in total. The van der Waals surface area contributed by atoms with Gasteiger partial charge in [0.25, 0.3) is 0 Å². The topological polar surface area (TPSA) is 20.2 Å². The lowest BCUT2D eigenvalue weighted by atomic mass is 10.0. The molecule has 1 atom stereocenters. The van der Waals surface area contributed by atoms with E-state index in [9.17, 15) is 5.11 Å². The quantitative estimate of drug-likeness (QED) is 0.619. The molecule has 0 aliphatic rings. The highest BCUT2D eigenvalue weighted by Gasteiger charge is 2.08. The third kappa shape index (κ3) is 5.83. The lowest BCUT2D eigenvalue weighted by Crippen LogP contribution is -2.16. The molecule has 0 saturated heterocycles. The maximum Gasteiger partial charge on any atom is 0.142 e. The van der Waals surface area contributed by atoms with Gasteiger partial charge in [-0.3, -0.25) is 0 Å². The van der Waals surface area contributed by atoms with Gasteiger partial charge in [0.05, 0.1) is 0 Å².